The molecule has 0 fully saturated rings. The van der Waals surface area contributed by atoms with E-state index in [2.05, 4.69) is 41.0 Å². The first kappa shape index (κ1) is 25.0. The van der Waals surface area contributed by atoms with E-state index in [1.54, 1.807) is 12.1 Å². The molecule has 0 saturated carbocycles. The van der Waals surface area contributed by atoms with E-state index in [1.807, 2.05) is 102 Å². The fourth-order valence-corrected chi connectivity index (χ4v) is 8.21. The van der Waals surface area contributed by atoms with Crippen LogP contribution in [-0.4, -0.2) is 13.0 Å². The minimum atomic E-state index is -3.76. The minimum absolute atomic E-state index is 0.286. The molecule has 9 rings (SSSR count). The lowest BCUT2D eigenvalue weighted by Gasteiger charge is -2.33. The molecule has 0 spiro atoms. The fraction of sp³-hybridized carbons (Fsp3) is 0. The Labute approximate surface area is 253 Å². The molecule has 0 amide bonds. The molecule has 0 atom stereocenters. The van der Waals surface area contributed by atoms with Gasteiger partial charge in [0.2, 0.25) is 9.84 Å². The Morgan fingerprint density at radius 2 is 1.16 bits per heavy atom. The van der Waals surface area contributed by atoms with Crippen molar-refractivity contribution in [1.82, 2.24) is 4.57 Å². The molecule has 6 aromatic carbocycles. The highest BCUT2D eigenvalue weighted by Crippen LogP contribution is 2.49. The van der Waals surface area contributed by atoms with E-state index in [1.165, 1.54) is 0 Å². The number of benzene rings is 6. The topological polar surface area (TPSA) is 55.5 Å². The van der Waals surface area contributed by atoms with Crippen molar-refractivity contribution in [3.8, 4) is 16.8 Å². The van der Waals surface area contributed by atoms with Gasteiger partial charge in [0.25, 0.3) is 0 Å². The number of anilines is 3. The van der Waals surface area contributed by atoms with E-state index in [-0.39, 0.29) is 4.90 Å². The van der Waals surface area contributed by atoms with Gasteiger partial charge in [-0.1, -0.05) is 72.8 Å². The number of sulfone groups is 1. The summed E-state index contributed by atoms with van der Waals surface area (Å²) in [5.74, 6) is 0. The van der Waals surface area contributed by atoms with Crippen molar-refractivity contribution in [2.45, 2.75) is 9.79 Å². The maximum absolute atomic E-state index is 14.1. The first-order valence-electron chi connectivity index (χ1n) is 14.4. The summed E-state index contributed by atoms with van der Waals surface area (Å²) in [6.07, 6.45) is 0. The molecule has 0 saturated heterocycles. The lowest BCUT2D eigenvalue weighted by atomic mass is 10.0. The lowest BCUT2D eigenvalue weighted by Crippen LogP contribution is -2.22. The van der Waals surface area contributed by atoms with E-state index in [4.69, 9.17) is 4.42 Å². The zero-order chi connectivity index (χ0) is 29.4. The molecule has 5 nitrogen and oxygen atoms in total. The van der Waals surface area contributed by atoms with Crippen LogP contribution in [0.1, 0.15) is 0 Å². The molecule has 3 heterocycles. The Morgan fingerprint density at radius 1 is 0.523 bits per heavy atom. The second kappa shape index (κ2) is 9.20. The molecule has 0 radical (unpaired) electrons. The summed E-state index contributed by atoms with van der Waals surface area (Å²) in [5, 5.41) is 2.01. The summed E-state index contributed by atoms with van der Waals surface area (Å²) < 4.78 is 36.8. The molecule has 6 heteroatoms. The van der Waals surface area contributed by atoms with Crippen LogP contribution in [0.4, 0.5) is 17.1 Å². The average Bonchev–Trinajstić information content (AvgIpc) is 3.60. The van der Waals surface area contributed by atoms with Crippen molar-refractivity contribution in [1.29, 1.82) is 0 Å². The maximum atomic E-state index is 14.1. The number of furan rings is 1. The van der Waals surface area contributed by atoms with E-state index < -0.39 is 9.84 Å². The largest absolute Gasteiger partial charge is 0.454 e. The normalized spacial score (nSPS) is 13.8. The van der Waals surface area contributed by atoms with Gasteiger partial charge in [0.1, 0.15) is 11.1 Å². The molecular weight excluding hydrogens is 564 g/mol. The van der Waals surface area contributed by atoms with Crippen molar-refractivity contribution in [3.63, 3.8) is 0 Å². The molecular formula is C38H24N2O3S. The van der Waals surface area contributed by atoms with Crippen LogP contribution in [0.5, 0.6) is 0 Å². The second-order valence-electron chi connectivity index (χ2n) is 11.0. The van der Waals surface area contributed by atoms with Crippen LogP contribution in [0.2, 0.25) is 0 Å². The molecule has 8 aromatic rings. The smallest absolute Gasteiger partial charge is 0.210 e. The molecule has 2 aromatic heterocycles. The van der Waals surface area contributed by atoms with Crippen LogP contribution in [0.25, 0.3) is 49.8 Å². The van der Waals surface area contributed by atoms with Crippen molar-refractivity contribution < 1.29 is 12.8 Å². The third-order valence-electron chi connectivity index (χ3n) is 8.52. The van der Waals surface area contributed by atoms with Crippen molar-refractivity contribution in [2.75, 3.05) is 4.90 Å². The Balaban J connectivity index is 1.28. The molecule has 44 heavy (non-hydrogen) atoms. The summed E-state index contributed by atoms with van der Waals surface area (Å²) in [6, 6.07) is 47.4. The van der Waals surface area contributed by atoms with Gasteiger partial charge in [0.05, 0.1) is 26.7 Å². The van der Waals surface area contributed by atoms with Crippen molar-refractivity contribution in [3.05, 3.63) is 146 Å². The number of fused-ring (bicyclic) bond motifs is 7. The molecule has 1 aliphatic rings. The van der Waals surface area contributed by atoms with Crippen LogP contribution in [0, 0.1) is 0 Å². The monoisotopic (exact) mass is 588 g/mol. The summed E-state index contributed by atoms with van der Waals surface area (Å²) in [6.45, 7) is 0. The predicted molar refractivity (Wildman–Crippen MR) is 176 cm³/mol. The number of hydrogen-bond donors (Lipinski definition) is 0. The maximum Gasteiger partial charge on any atom is 0.210 e. The second-order valence-corrected chi connectivity index (χ2v) is 12.9. The van der Waals surface area contributed by atoms with Gasteiger partial charge in [-0.2, -0.15) is 0 Å². The van der Waals surface area contributed by atoms with E-state index in [0.29, 0.717) is 16.3 Å². The van der Waals surface area contributed by atoms with E-state index in [0.717, 1.165) is 55.5 Å². The van der Waals surface area contributed by atoms with Gasteiger partial charge in [-0.3, -0.25) is 0 Å². The van der Waals surface area contributed by atoms with Gasteiger partial charge in [-0.15, -0.1) is 0 Å². The van der Waals surface area contributed by atoms with Gasteiger partial charge in [0, 0.05) is 22.1 Å². The van der Waals surface area contributed by atoms with Crippen LogP contribution < -0.4 is 4.90 Å². The SMILES string of the molecule is O=S1(=O)c2ccccc2N(c2ccccc2)c2ccc(-c3ccc4c(c3)c3oc5ccccc5c3n4-c3ccccc3)cc21. The molecule has 0 N–H and O–H groups in total. The van der Waals surface area contributed by atoms with Gasteiger partial charge in [-0.05, 0) is 83.9 Å². The van der Waals surface area contributed by atoms with E-state index >= 15 is 0 Å². The average molecular weight is 589 g/mol. The zero-order valence-corrected chi connectivity index (χ0v) is 24.2. The Kier molecular flexibility index (Phi) is 5.22. The van der Waals surface area contributed by atoms with Crippen LogP contribution >= 0.6 is 0 Å². The number of rotatable bonds is 3. The minimum Gasteiger partial charge on any atom is -0.454 e. The summed E-state index contributed by atoms with van der Waals surface area (Å²) in [4.78, 5) is 2.61. The predicted octanol–water partition coefficient (Wildman–Crippen LogP) is 9.81. The molecule has 210 valence electrons. The van der Waals surface area contributed by atoms with Crippen LogP contribution in [-0.2, 0) is 9.84 Å². The quantitative estimate of drug-likeness (QED) is 0.206. The molecule has 0 unspecified atom stereocenters. The summed E-state index contributed by atoms with van der Waals surface area (Å²) >= 11 is 0. The third kappa shape index (κ3) is 3.49. The summed E-state index contributed by atoms with van der Waals surface area (Å²) in [7, 11) is -3.76. The first-order chi connectivity index (χ1) is 21.6. The van der Waals surface area contributed by atoms with Crippen molar-refractivity contribution >= 4 is 59.9 Å². The molecule has 0 bridgehead atoms. The van der Waals surface area contributed by atoms with Gasteiger partial charge < -0.3 is 13.9 Å². The number of aromatic nitrogens is 1. The summed E-state index contributed by atoms with van der Waals surface area (Å²) in [5.41, 5.74) is 8.63. The van der Waals surface area contributed by atoms with Crippen molar-refractivity contribution in [2.24, 2.45) is 0 Å². The van der Waals surface area contributed by atoms with Gasteiger partial charge >= 0.3 is 0 Å². The number of para-hydroxylation sites is 4. The Morgan fingerprint density at radius 3 is 1.98 bits per heavy atom. The highest BCUT2D eigenvalue weighted by molar-refractivity contribution is 7.92. The van der Waals surface area contributed by atoms with Gasteiger partial charge in [-0.25, -0.2) is 8.42 Å². The zero-order valence-electron chi connectivity index (χ0n) is 23.4. The van der Waals surface area contributed by atoms with E-state index in [9.17, 15) is 8.42 Å². The van der Waals surface area contributed by atoms with Crippen LogP contribution in [0.3, 0.4) is 0 Å². The Hall–Kier alpha value is -5.59. The lowest BCUT2D eigenvalue weighted by molar-refractivity contribution is 0.595. The fourth-order valence-electron chi connectivity index (χ4n) is 6.56. The molecule has 0 aliphatic carbocycles. The van der Waals surface area contributed by atoms with Crippen LogP contribution in [0.15, 0.2) is 160 Å². The number of hydrogen-bond acceptors (Lipinski definition) is 4. The highest BCUT2D eigenvalue weighted by atomic mass is 32.2. The third-order valence-corrected chi connectivity index (χ3v) is 10.4. The van der Waals surface area contributed by atoms with Gasteiger partial charge in [0.15, 0.2) is 5.58 Å². The Bertz CT molecular complexity index is 2510. The molecule has 1 aliphatic heterocycles. The standard InChI is InChI=1S/C38H24N2O3S/c41-44(42)35-18-10-8-16-32(35)39(27-11-3-1-4-12-27)33-22-20-26(24-36(33)44)25-19-21-31-30(23-25)38-37(29-15-7-9-17-34(29)43-38)40(31)28-13-5-2-6-14-28/h1-24H. The highest BCUT2D eigenvalue weighted by Gasteiger charge is 2.35. The first-order valence-corrected chi connectivity index (χ1v) is 15.9. The number of nitrogens with zero attached hydrogens (tertiary/aromatic N) is 2.